The van der Waals surface area contributed by atoms with Crippen molar-refractivity contribution in [3.63, 3.8) is 0 Å². The number of nitrogens with zero attached hydrogens (tertiary/aromatic N) is 2. The van der Waals surface area contributed by atoms with Crippen LogP contribution in [0.2, 0.25) is 0 Å². The van der Waals surface area contributed by atoms with Gasteiger partial charge in [0, 0.05) is 39.0 Å². The minimum Gasteiger partial charge on any atom is -0.478 e. The predicted octanol–water partition coefficient (Wildman–Crippen LogP) is 2.96. The Morgan fingerprint density at radius 2 is 1.43 bits per heavy atom. The average Bonchev–Trinajstić information content (AvgIpc) is 2.73. The van der Waals surface area contributed by atoms with Crippen LogP contribution in [0.25, 0.3) is 0 Å². The quantitative estimate of drug-likeness (QED) is 0.815. The number of hydrogen-bond donors (Lipinski definition) is 1. The Balaban J connectivity index is 1.39. The number of piperazine rings is 1. The van der Waals surface area contributed by atoms with Gasteiger partial charge in [0.2, 0.25) is 11.8 Å². The highest BCUT2D eigenvalue weighted by atomic mass is 16.4. The molecule has 1 saturated carbocycles. The molecule has 0 bridgehead atoms. The molecule has 2 aliphatic rings. The Morgan fingerprint density at radius 1 is 0.857 bits per heavy atom. The molecule has 1 N–H and O–H groups in total. The molecule has 28 heavy (non-hydrogen) atoms. The number of benzene rings is 1. The standard InChI is InChI=1S/C22H30N2O4/c25-20(11-8-17-6-9-19(10-7-17)22(27)28)23-12-14-24(15-13-23)21(26)16-18-4-2-1-3-5-18/h6-7,9-10,18H,1-5,8,11-16H2,(H,27,28). The molecule has 1 aromatic rings. The fourth-order valence-corrected chi connectivity index (χ4v) is 4.20. The van der Waals surface area contributed by atoms with Crippen molar-refractivity contribution in [3.05, 3.63) is 35.4 Å². The lowest BCUT2D eigenvalue weighted by Crippen LogP contribution is -2.50. The van der Waals surface area contributed by atoms with Crippen molar-refractivity contribution < 1.29 is 19.5 Å². The number of amides is 2. The summed E-state index contributed by atoms with van der Waals surface area (Å²) in [5, 5.41) is 8.93. The van der Waals surface area contributed by atoms with Crippen LogP contribution >= 0.6 is 0 Å². The van der Waals surface area contributed by atoms with E-state index in [-0.39, 0.29) is 17.4 Å². The van der Waals surface area contributed by atoms with E-state index < -0.39 is 5.97 Å². The Morgan fingerprint density at radius 3 is 2.00 bits per heavy atom. The molecule has 2 amide bonds. The van der Waals surface area contributed by atoms with Crippen LogP contribution in [-0.4, -0.2) is 58.9 Å². The van der Waals surface area contributed by atoms with Gasteiger partial charge in [0.1, 0.15) is 0 Å². The van der Waals surface area contributed by atoms with Crippen LogP contribution in [0.1, 0.15) is 60.9 Å². The number of carboxylic acid groups (broad SMARTS) is 1. The van der Waals surface area contributed by atoms with Gasteiger partial charge in [-0.1, -0.05) is 31.4 Å². The monoisotopic (exact) mass is 386 g/mol. The number of aryl methyl sites for hydroxylation is 1. The van der Waals surface area contributed by atoms with Crippen molar-refractivity contribution in [2.45, 2.75) is 51.4 Å². The van der Waals surface area contributed by atoms with Gasteiger partial charge < -0.3 is 14.9 Å². The molecule has 6 heteroatoms. The molecule has 1 aliphatic heterocycles. The molecule has 1 aromatic carbocycles. The zero-order valence-corrected chi connectivity index (χ0v) is 16.4. The molecule has 0 aromatic heterocycles. The van der Waals surface area contributed by atoms with Crippen LogP contribution in [0.4, 0.5) is 0 Å². The van der Waals surface area contributed by atoms with Gasteiger partial charge in [0.25, 0.3) is 0 Å². The molecular formula is C22H30N2O4. The third-order valence-corrected chi connectivity index (χ3v) is 6.00. The second kappa shape index (κ2) is 9.71. The number of hydrogen-bond acceptors (Lipinski definition) is 3. The van der Waals surface area contributed by atoms with Crippen molar-refractivity contribution in [2.75, 3.05) is 26.2 Å². The van der Waals surface area contributed by atoms with Gasteiger partial charge in [-0.15, -0.1) is 0 Å². The molecule has 3 rings (SSSR count). The van der Waals surface area contributed by atoms with Gasteiger partial charge in [-0.3, -0.25) is 9.59 Å². The largest absolute Gasteiger partial charge is 0.478 e. The van der Waals surface area contributed by atoms with Gasteiger partial charge in [0.05, 0.1) is 5.56 Å². The van der Waals surface area contributed by atoms with Gasteiger partial charge in [-0.2, -0.15) is 0 Å². The fourth-order valence-electron chi connectivity index (χ4n) is 4.20. The van der Waals surface area contributed by atoms with E-state index in [1.807, 2.05) is 9.80 Å². The third kappa shape index (κ3) is 5.57. The van der Waals surface area contributed by atoms with Crippen molar-refractivity contribution in [1.29, 1.82) is 0 Å². The van der Waals surface area contributed by atoms with Crippen LogP contribution in [0.15, 0.2) is 24.3 Å². The normalized spacial score (nSPS) is 18.1. The average molecular weight is 386 g/mol. The van der Waals surface area contributed by atoms with E-state index in [4.69, 9.17) is 5.11 Å². The van der Waals surface area contributed by atoms with Crippen LogP contribution < -0.4 is 0 Å². The molecule has 0 unspecified atom stereocenters. The zero-order chi connectivity index (χ0) is 19.9. The highest BCUT2D eigenvalue weighted by Gasteiger charge is 2.26. The van der Waals surface area contributed by atoms with Gasteiger partial charge in [0.15, 0.2) is 0 Å². The molecule has 0 atom stereocenters. The fraction of sp³-hybridized carbons (Fsp3) is 0.591. The summed E-state index contributed by atoms with van der Waals surface area (Å²) < 4.78 is 0. The topological polar surface area (TPSA) is 77.9 Å². The van der Waals surface area contributed by atoms with Crippen LogP contribution in [0.3, 0.4) is 0 Å². The lowest BCUT2D eigenvalue weighted by atomic mass is 9.86. The third-order valence-electron chi connectivity index (χ3n) is 6.00. The Labute approximate surface area is 166 Å². The van der Waals surface area contributed by atoms with Gasteiger partial charge >= 0.3 is 5.97 Å². The Bertz CT molecular complexity index is 687. The first-order chi connectivity index (χ1) is 13.5. The summed E-state index contributed by atoms with van der Waals surface area (Å²) >= 11 is 0. The maximum atomic E-state index is 12.5. The van der Waals surface area contributed by atoms with Crippen molar-refractivity contribution >= 4 is 17.8 Å². The van der Waals surface area contributed by atoms with E-state index in [0.717, 1.165) is 5.56 Å². The van der Waals surface area contributed by atoms with Gasteiger partial charge in [-0.25, -0.2) is 4.79 Å². The zero-order valence-electron chi connectivity index (χ0n) is 16.4. The van der Waals surface area contributed by atoms with Crippen LogP contribution in [0.5, 0.6) is 0 Å². The summed E-state index contributed by atoms with van der Waals surface area (Å²) in [6.07, 6.45) is 7.82. The molecule has 2 fully saturated rings. The lowest BCUT2D eigenvalue weighted by molar-refractivity contribution is -0.140. The van der Waals surface area contributed by atoms with E-state index in [1.54, 1.807) is 24.3 Å². The number of aromatic carboxylic acids is 1. The van der Waals surface area contributed by atoms with Crippen molar-refractivity contribution in [2.24, 2.45) is 5.92 Å². The van der Waals surface area contributed by atoms with E-state index >= 15 is 0 Å². The second-order valence-electron chi connectivity index (χ2n) is 7.97. The second-order valence-corrected chi connectivity index (χ2v) is 7.97. The maximum absolute atomic E-state index is 12.5. The maximum Gasteiger partial charge on any atom is 0.335 e. The predicted molar refractivity (Wildman–Crippen MR) is 106 cm³/mol. The number of rotatable bonds is 6. The van der Waals surface area contributed by atoms with E-state index in [9.17, 15) is 14.4 Å². The Hall–Kier alpha value is -2.37. The highest BCUT2D eigenvalue weighted by Crippen LogP contribution is 2.27. The molecule has 0 spiro atoms. The SMILES string of the molecule is O=C(O)c1ccc(CCC(=O)N2CCN(C(=O)CC3CCCCC3)CC2)cc1. The number of carbonyl (C=O) groups excluding carboxylic acids is 2. The van der Waals surface area contributed by atoms with Crippen LogP contribution in [0, 0.1) is 5.92 Å². The smallest absolute Gasteiger partial charge is 0.335 e. The first-order valence-corrected chi connectivity index (χ1v) is 10.4. The summed E-state index contributed by atoms with van der Waals surface area (Å²) in [6.45, 7) is 2.47. The Kier molecular flexibility index (Phi) is 7.06. The first-order valence-electron chi connectivity index (χ1n) is 10.4. The molecule has 1 aliphatic carbocycles. The summed E-state index contributed by atoms with van der Waals surface area (Å²) in [6, 6.07) is 6.66. The summed E-state index contributed by atoms with van der Waals surface area (Å²) in [4.78, 5) is 39.6. The highest BCUT2D eigenvalue weighted by molar-refractivity contribution is 5.87. The molecular weight excluding hydrogens is 356 g/mol. The minimum atomic E-state index is -0.946. The molecule has 152 valence electrons. The molecule has 0 radical (unpaired) electrons. The van der Waals surface area contributed by atoms with Crippen LogP contribution in [-0.2, 0) is 16.0 Å². The molecule has 6 nitrogen and oxygen atoms in total. The summed E-state index contributed by atoms with van der Waals surface area (Å²) in [7, 11) is 0. The van der Waals surface area contributed by atoms with E-state index in [0.29, 0.717) is 51.4 Å². The first kappa shape index (κ1) is 20.4. The van der Waals surface area contributed by atoms with Crippen molar-refractivity contribution in [1.82, 2.24) is 9.80 Å². The van der Waals surface area contributed by atoms with E-state index in [1.165, 1.54) is 32.1 Å². The summed E-state index contributed by atoms with van der Waals surface area (Å²) in [5.41, 5.74) is 1.21. The lowest BCUT2D eigenvalue weighted by Gasteiger charge is -2.36. The summed E-state index contributed by atoms with van der Waals surface area (Å²) in [5.74, 6) is -0.0498. The number of carbonyl (C=O) groups is 3. The molecule has 1 heterocycles. The van der Waals surface area contributed by atoms with Crippen molar-refractivity contribution in [3.8, 4) is 0 Å². The minimum absolute atomic E-state index is 0.0988. The van der Waals surface area contributed by atoms with E-state index in [2.05, 4.69) is 0 Å². The van der Waals surface area contributed by atoms with Gasteiger partial charge in [-0.05, 0) is 42.9 Å². The molecule has 1 saturated heterocycles. The number of carboxylic acids is 1.